The molecule has 0 bridgehead atoms. The van der Waals surface area contributed by atoms with Crippen LogP contribution in [-0.4, -0.2) is 76.0 Å². The number of amides is 3. The molecule has 5 atom stereocenters. The van der Waals surface area contributed by atoms with Crippen LogP contribution in [0.1, 0.15) is 116 Å². The second kappa shape index (κ2) is 21.8. The van der Waals surface area contributed by atoms with E-state index in [1.807, 2.05) is 31.2 Å². The van der Waals surface area contributed by atoms with Crippen molar-refractivity contribution in [3.05, 3.63) is 59.7 Å². The van der Waals surface area contributed by atoms with Crippen molar-refractivity contribution in [1.29, 1.82) is 0 Å². The lowest BCUT2D eigenvalue weighted by Gasteiger charge is -2.26. The molecule has 2 aromatic carbocycles. The fourth-order valence-corrected chi connectivity index (χ4v) is 5.65. The number of hydrogen-bond acceptors (Lipinski definition) is 8. The molecule has 0 unspecified atom stereocenters. The van der Waals surface area contributed by atoms with E-state index >= 15 is 0 Å². The van der Waals surface area contributed by atoms with Gasteiger partial charge in [-0.1, -0.05) is 95.0 Å². The molecule has 0 aliphatic heterocycles. The van der Waals surface area contributed by atoms with Gasteiger partial charge in [-0.3, -0.25) is 19.2 Å². The van der Waals surface area contributed by atoms with Crippen LogP contribution in [0.3, 0.4) is 0 Å². The number of hydrogen-bond donors (Lipinski definition) is 5. The average Bonchev–Trinajstić information content (AvgIpc) is 3.10. The van der Waals surface area contributed by atoms with Gasteiger partial charge in [0.1, 0.15) is 17.7 Å². The summed E-state index contributed by atoms with van der Waals surface area (Å²) < 4.78 is 5.30. The maximum atomic E-state index is 13.7. The number of Topliss-reactive ketones (excluding diaryl/α,β-unsaturated/α-hetero) is 2. The Hall–Kier alpha value is -4.58. The Bertz CT molecular complexity index is 1510. The third-order valence-electron chi connectivity index (χ3n) is 8.80. The summed E-state index contributed by atoms with van der Waals surface area (Å²) in [5.41, 5.74) is 2.70. The summed E-state index contributed by atoms with van der Waals surface area (Å²) in [7, 11) is 0. The number of ketones is 2. The zero-order chi connectivity index (χ0) is 39.7. The van der Waals surface area contributed by atoms with E-state index in [9.17, 15) is 39.0 Å². The highest BCUT2D eigenvalue weighted by Gasteiger charge is 2.33. The summed E-state index contributed by atoms with van der Waals surface area (Å²) in [6, 6.07) is 12.7. The summed E-state index contributed by atoms with van der Waals surface area (Å²) in [5.74, 6) is -5.74. The number of carboxylic acid groups (broad SMARTS) is 1. The molecule has 0 heterocycles. The third-order valence-corrected chi connectivity index (χ3v) is 8.80. The van der Waals surface area contributed by atoms with Crippen LogP contribution >= 0.6 is 0 Å². The van der Waals surface area contributed by atoms with Crippen LogP contribution in [0.5, 0.6) is 0 Å². The zero-order valence-electron chi connectivity index (χ0n) is 32.3. The number of carbonyl (C=O) groups excluding carboxylic acids is 5. The first-order valence-electron chi connectivity index (χ1n) is 18.7. The summed E-state index contributed by atoms with van der Waals surface area (Å²) in [6.07, 6.45) is 2.90. The van der Waals surface area contributed by atoms with Gasteiger partial charge in [-0.2, -0.15) is 0 Å². The molecule has 0 saturated carbocycles. The lowest BCUT2D eigenvalue weighted by Crippen LogP contribution is -2.52. The van der Waals surface area contributed by atoms with Crippen molar-refractivity contribution in [2.75, 3.05) is 6.54 Å². The smallest absolute Gasteiger partial charge is 0.407 e. The lowest BCUT2D eigenvalue weighted by atomic mass is 9.93. The molecular weight excluding hydrogens is 678 g/mol. The van der Waals surface area contributed by atoms with E-state index < -0.39 is 71.7 Å². The average molecular weight is 738 g/mol. The highest BCUT2D eigenvalue weighted by molar-refractivity contribution is 6.00. The van der Waals surface area contributed by atoms with Gasteiger partial charge >= 0.3 is 12.1 Å². The Morgan fingerprint density at radius 3 is 1.89 bits per heavy atom. The Morgan fingerprint density at radius 1 is 0.774 bits per heavy atom. The SMILES string of the molecule is CCCCC[C@H](NC(=O)[C@H](C)CC(=O)[C@@H](NC(=O)[C@H](CNC(=O)OC(C)(C)C)CC(=O)c1ccc(-c2ccc(CCCC)cc2)cc1)[C@@H](C)O)C(=O)O. The maximum absolute atomic E-state index is 13.7. The van der Waals surface area contributed by atoms with E-state index in [2.05, 4.69) is 35.0 Å². The molecule has 2 rings (SSSR count). The Kier molecular flexibility index (Phi) is 18.4. The first kappa shape index (κ1) is 44.6. The molecule has 0 spiro atoms. The van der Waals surface area contributed by atoms with E-state index in [0.717, 1.165) is 43.2 Å². The quantitative estimate of drug-likeness (QED) is 0.0711. The number of nitrogens with one attached hydrogen (secondary N) is 3. The lowest BCUT2D eigenvalue weighted by molar-refractivity contribution is -0.143. The maximum Gasteiger partial charge on any atom is 0.407 e. The van der Waals surface area contributed by atoms with E-state index in [4.69, 9.17) is 4.74 Å². The molecule has 0 radical (unpaired) electrons. The molecular formula is C41H59N3O9. The van der Waals surface area contributed by atoms with Gasteiger partial charge < -0.3 is 30.9 Å². The minimum absolute atomic E-state index is 0.247. The topological polar surface area (TPSA) is 188 Å². The minimum Gasteiger partial charge on any atom is -0.480 e. The number of ether oxygens (including phenoxy) is 1. The van der Waals surface area contributed by atoms with E-state index in [1.165, 1.54) is 19.4 Å². The second-order valence-corrected chi connectivity index (χ2v) is 14.8. The molecule has 0 aliphatic rings. The molecule has 0 aliphatic carbocycles. The number of benzene rings is 2. The fraction of sp³-hybridized carbons (Fsp3) is 0.561. The number of aryl methyl sites for hydroxylation is 1. The largest absolute Gasteiger partial charge is 0.480 e. The van der Waals surface area contributed by atoms with Gasteiger partial charge in [-0.05, 0) is 63.6 Å². The van der Waals surface area contributed by atoms with Crippen LogP contribution in [0.4, 0.5) is 4.79 Å². The number of aliphatic hydroxyl groups excluding tert-OH is 1. The number of aliphatic carboxylic acids is 1. The van der Waals surface area contributed by atoms with Crippen molar-refractivity contribution >= 4 is 35.4 Å². The van der Waals surface area contributed by atoms with Gasteiger partial charge in [0.15, 0.2) is 11.6 Å². The van der Waals surface area contributed by atoms with Crippen molar-refractivity contribution in [2.24, 2.45) is 11.8 Å². The van der Waals surface area contributed by atoms with Crippen molar-refractivity contribution in [1.82, 2.24) is 16.0 Å². The summed E-state index contributed by atoms with van der Waals surface area (Å²) in [6.45, 7) is 11.6. The van der Waals surface area contributed by atoms with Gasteiger partial charge in [0.2, 0.25) is 11.8 Å². The van der Waals surface area contributed by atoms with Gasteiger partial charge in [0.25, 0.3) is 0 Å². The summed E-state index contributed by atoms with van der Waals surface area (Å²) in [5, 5.41) is 27.6. The van der Waals surface area contributed by atoms with Crippen molar-refractivity contribution in [2.45, 2.75) is 130 Å². The molecule has 12 heteroatoms. The number of carbonyl (C=O) groups is 6. The molecule has 5 N–H and O–H groups in total. The summed E-state index contributed by atoms with van der Waals surface area (Å²) in [4.78, 5) is 77.5. The standard InChI is InChI=1S/C41H59N3O9/c1-8-10-12-14-33(39(50)51)43-37(48)26(3)23-35(47)36(27(4)45)44-38(49)32(25-42-40(52)53-41(5,6)7)24-34(46)31-21-19-30(20-22-31)29-17-15-28(16-18-29)13-11-9-2/h15-22,26-27,32-33,36,45H,8-14,23-25H2,1-7H3,(H,42,52)(H,43,48)(H,44,49)(H,50,51)/t26-,27-,32+,33+,36+/m1/s1. The predicted octanol–water partition coefficient (Wildman–Crippen LogP) is 6.02. The Balaban J connectivity index is 2.19. The highest BCUT2D eigenvalue weighted by atomic mass is 16.6. The van der Waals surface area contributed by atoms with Crippen LogP contribution in [0.25, 0.3) is 11.1 Å². The zero-order valence-corrected chi connectivity index (χ0v) is 32.3. The van der Waals surface area contributed by atoms with Crippen LogP contribution in [0.2, 0.25) is 0 Å². The molecule has 0 aromatic heterocycles. The first-order chi connectivity index (χ1) is 24.9. The van der Waals surface area contributed by atoms with Gasteiger partial charge in [-0.25, -0.2) is 9.59 Å². The third kappa shape index (κ3) is 15.9. The van der Waals surface area contributed by atoms with Crippen molar-refractivity contribution in [3.8, 4) is 11.1 Å². The Morgan fingerprint density at radius 2 is 1.36 bits per heavy atom. The number of aliphatic hydroxyl groups is 1. The van der Waals surface area contributed by atoms with Crippen LogP contribution < -0.4 is 16.0 Å². The minimum atomic E-state index is -1.44. The van der Waals surface area contributed by atoms with Crippen LogP contribution in [-0.2, 0) is 30.3 Å². The van der Waals surface area contributed by atoms with Crippen molar-refractivity contribution < 1.29 is 43.7 Å². The normalized spacial score (nSPS) is 14.2. The monoisotopic (exact) mass is 737 g/mol. The van der Waals surface area contributed by atoms with Gasteiger partial charge in [0.05, 0.1) is 12.0 Å². The van der Waals surface area contributed by atoms with Gasteiger partial charge in [0, 0.05) is 30.9 Å². The van der Waals surface area contributed by atoms with E-state index in [0.29, 0.717) is 12.0 Å². The molecule has 3 amide bonds. The molecule has 53 heavy (non-hydrogen) atoms. The molecule has 292 valence electrons. The molecule has 2 aromatic rings. The number of rotatable bonds is 22. The highest BCUT2D eigenvalue weighted by Crippen LogP contribution is 2.22. The molecule has 0 saturated heterocycles. The second-order valence-electron chi connectivity index (χ2n) is 14.8. The summed E-state index contributed by atoms with van der Waals surface area (Å²) >= 11 is 0. The van der Waals surface area contributed by atoms with E-state index in [-0.39, 0.29) is 25.2 Å². The molecule has 0 fully saturated rings. The van der Waals surface area contributed by atoms with Gasteiger partial charge in [-0.15, -0.1) is 0 Å². The van der Waals surface area contributed by atoms with Crippen LogP contribution in [0, 0.1) is 11.8 Å². The fourth-order valence-electron chi connectivity index (χ4n) is 5.65. The van der Waals surface area contributed by atoms with Crippen LogP contribution in [0.15, 0.2) is 48.5 Å². The first-order valence-corrected chi connectivity index (χ1v) is 18.7. The van der Waals surface area contributed by atoms with E-state index in [1.54, 1.807) is 32.9 Å². The Labute approximate surface area is 313 Å². The predicted molar refractivity (Wildman–Crippen MR) is 203 cm³/mol. The van der Waals surface area contributed by atoms with Crippen molar-refractivity contribution in [3.63, 3.8) is 0 Å². The molecule has 12 nitrogen and oxygen atoms in total. The number of carboxylic acids is 1. The number of alkyl carbamates (subject to hydrolysis) is 1. The number of unbranched alkanes of at least 4 members (excludes halogenated alkanes) is 3.